The molecule has 0 saturated heterocycles. The van der Waals surface area contributed by atoms with Gasteiger partial charge in [0.1, 0.15) is 17.1 Å². The van der Waals surface area contributed by atoms with E-state index in [-0.39, 0.29) is 22.7 Å². The second-order valence-corrected chi connectivity index (χ2v) is 9.75. The van der Waals surface area contributed by atoms with Crippen LogP contribution >= 0.6 is 0 Å². The molecule has 2 aromatic heterocycles. The van der Waals surface area contributed by atoms with E-state index in [9.17, 15) is 19.1 Å². The Hall–Kier alpha value is -4.72. The predicted molar refractivity (Wildman–Crippen MR) is 139 cm³/mol. The fourth-order valence-electron chi connectivity index (χ4n) is 4.07. The molecule has 37 heavy (non-hydrogen) atoms. The lowest BCUT2D eigenvalue weighted by Gasteiger charge is -2.19. The Bertz CT molecular complexity index is 1630. The molecule has 7 nitrogen and oxygen atoms in total. The van der Waals surface area contributed by atoms with E-state index in [2.05, 4.69) is 31.2 Å². The highest BCUT2D eigenvalue weighted by Crippen LogP contribution is 2.35. The summed E-state index contributed by atoms with van der Waals surface area (Å²) in [5, 5.41) is 17.3. The van der Waals surface area contributed by atoms with Crippen LogP contribution in [0, 0.1) is 5.82 Å². The minimum absolute atomic E-state index is 0.0624. The van der Waals surface area contributed by atoms with Gasteiger partial charge in [-0.1, -0.05) is 39.0 Å². The second-order valence-electron chi connectivity index (χ2n) is 9.75. The first kappa shape index (κ1) is 24.0. The summed E-state index contributed by atoms with van der Waals surface area (Å²) in [7, 11) is 0. The third kappa shape index (κ3) is 4.73. The van der Waals surface area contributed by atoms with Crippen molar-refractivity contribution in [1.29, 1.82) is 0 Å². The number of aromatic carboxylic acids is 1. The van der Waals surface area contributed by atoms with Crippen LogP contribution in [0.1, 0.15) is 47.2 Å². The summed E-state index contributed by atoms with van der Waals surface area (Å²) >= 11 is 0. The predicted octanol–water partition coefficient (Wildman–Crippen LogP) is 6.67. The monoisotopic (exact) mass is 497 g/mol. The van der Waals surface area contributed by atoms with Crippen molar-refractivity contribution < 1.29 is 23.5 Å². The lowest BCUT2D eigenvalue weighted by atomic mass is 9.87. The van der Waals surface area contributed by atoms with E-state index in [0.29, 0.717) is 22.2 Å². The van der Waals surface area contributed by atoms with E-state index in [0.717, 1.165) is 16.7 Å². The number of fused-ring (bicyclic) bond motifs is 1. The number of carboxylic acid groups (broad SMARTS) is 1. The molecule has 0 aliphatic carbocycles. The fraction of sp³-hybridized carbons (Fsp3) is 0.138. The second kappa shape index (κ2) is 9.05. The first-order valence-corrected chi connectivity index (χ1v) is 11.6. The molecule has 0 atom stereocenters. The van der Waals surface area contributed by atoms with Crippen molar-refractivity contribution in [2.45, 2.75) is 26.2 Å². The summed E-state index contributed by atoms with van der Waals surface area (Å²) in [5.74, 6) is -2.43. The summed E-state index contributed by atoms with van der Waals surface area (Å²) < 4.78 is 20.5. The molecule has 8 heteroatoms. The van der Waals surface area contributed by atoms with Gasteiger partial charge in [-0.2, -0.15) is 5.10 Å². The van der Waals surface area contributed by atoms with E-state index in [1.54, 1.807) is 59.5 Å². The van der Waals surface area contributed by atoms with E-state index in [4.69, 9.17) is 4.42 Å². The number of halogens is 1. The number of rotatable bonds is 5. The van der Waals surface area contributed by atoms with Gasteiger partial charge in [0.15, 0.2) is 0 Å². The number of nitrogens with zero attached hydrogens (tertiary/aromatic N) is 2. The minimum atomic E-state index is -1.29. The molecular formula is C29H24FN3O4. The van der Waals surface area contributed by atoms with E-state index in [1.165, 1.54) is 12.1 Å². The molecule has 0 aliphatic rings. The van der Waals surface area contributed by atoms with Gasteiger partial charge in [0.2, 0.25) is 5.76 Å². The third-order valence-corrected chi connectivity index (χ3v) is 6.14. The number of nitrogens with one attached hydrogen (secondary N) is 1. The number of hydrogen-bond donors (Lipinski definition) is 2. The lowest BCUT2D eigenvalue weighted by Crippen LogP contribution is -2.15. The Kier molecular flexibility index (Phi) is 5.87. The Morgan fingerprint density at radius 2 is 1.68 bits per heavy atom. The zero-order valence-corrected chi connectivity index (χ0v) is 20.4. The Balaban J connectivity index is 1.50. The van der Waals surface area contributed by atoms with Crippen molar-refractivity contribution in [2.24, 2.45) is 0 Å². The molecule has 0 unspecified atom stereocenters. The van der Waals surface area contributed by atoms with Gasteiger partial charge in [0.05, 0.1) is 11.9 Å². The lowest BCUT2D eigenvalue weighted by molar-refractivity contribution is 0.0666. The molecule has 1 amide bonds. The molecule has 2 heterocycles. The van der Waals surface area contributed by atoms with Crippen LogP contribution in [0.2, 0.25) is 0 Å². The Labute approximate surface area is 212 Å². The highest BCUT2D eigenvalue weighted by atomic mass is 19.1. The number of aromatic nitrogens is 2. The molecule has 0 fully saturated rings. The standard InChI is InChI=1S/C29H24FN3O4/c1-29(2,3)20-7-4-17(5-8-20)27(34)32-25-23-14-18(6-13-24(23)37-26(25)28(35)36)19-15-31-33(16-19)22-11-9-21(30)10-12-22/h4-16H,1-3H3,(H,32,34)(H,35,36). The number of anilines is 1. The number of furan rings is 1. The third-order valence-electron chi connectivity index (χ3n) is 6.14. The highest BCUT2D eigenvalue weighted by molar-refractivity contribution is 6.13. The molecule has 5 rings (SSSR count). The molecule has 2 N–H and O–H groups in total. The Morgan fingerprint density at radius 1 is 0.973 bits per heavy atom. The number of carbonyl (C=O) groups is 2. The van der Waals surface area contributed by atoms with Gasteiger partial charge >= 0.3 is 5.97 Å². The summed E-state index contributed by atoms with van der Waals surface area (Å²) in [5.41, 5.74) is 4.00. The van der Waals surface area contributed by atoms with E-state index < -0.39 is 11.9 Å². The van der Waals surface area contributed by atoms with Crippen LogP contribution in [0.5, 0.6) is 0 Å². The van der Waals surface area contributed by atoms with Crippen LogP contribution in [0.3, 0.4) is 0 Å². The smallest absolute Gasteiger partial charge is 0.374 e. The molecule has 0 radical (unpaired) electrons. The summed E-state index contributed by atoms with van der Waals surface area (Å²) in [6.45, 7) is 6.25. The number of benzene rings is 3. The number of carboxylic acids is 1. The number of amides is 1. The molecular weight excluding hydrogens is 473 g/mol. The van der Waals surface area contributed by atoms with Crippen LogP contribution < -0.4 is 5.32 Å². The Morgan fingerprint density at radius 3 is 2.32 bits per heavy atom. The maximum Gasteiger partial charge on any atom is 0.374 e. The average molecular weight is 498 g/mol. The summed E-state index contributed by atoms with van der Waals surface area (Å²) in [6.07, 6.45) is 3.43. The van der Waals surface area contributed by atoms with Crippen LogP contribution in [0.25, 0.3) is 27.8 Å². The van der Waals surface area contributed by atoms with Crippen LogP contribution in [0.15, 0.2) is 83.5 Å². The average Bonchev–Trinajstić information content (AvgIpc) is 3.49. The molecule has 0 aliphatic heterocycles. The van der Waals surface area contributed by atoms with Gasteiger partial charge in [-0.15, -0.1) is 0 Å². The normalized spacial score (nSPS) is 11.6. The summed E-state index contributed by atoms with van der Waals surface area (Å²) in [4.78, 5) is 25.0. The van der Waals surface area contributed by atoms with E-state index in [1.807, 2.05) is 12.1 Å². The summed E-state index contributed by atoms with van der Waals surface area (Å²) in [6, 6.07) is 18.3. The first-order valence-electron chi connectivity index (χ1n) is 11.6. The van der Waals surface area contributed by atoms with Crippen LogP contribution in [0.4, 0.5) is 10.1 Å². The zero-order chi connectivity index (χ0) is 26.3. The van der Waals surface area contributed by atoms with Gasteiger partial charge in [0.25, 0.3) is 5.91 Å². The quantitative estimate of drug-likeness (QED) is 0.283. The molecule has 0 saturated carbocycles. The van der Waals surface area contributed by atoms with Crippen molar-refractivity contribution in [1.82, 2.24) is 9.78 Å². The van der Waals surface area contributed by atoms with Gasteiger partial charge in [-0.25, -0.2) is 13.9 Å². The van der Waals surface area contributed by atoms with Crippen molar-refractivity contribution in [3.8, 4) is 16.8 Å². The maximum atomic E-state index is 13.3. The number of hydrogen-bond acceptors (Lipinski definition) is 4. The molecule has 186 valence electrons. The zero-order valence-electron chi connectivity index (χ0n) is 20.4. The van der Waals surface area contributed by atoms with Crippen molar-refractivity contribution in [3.63, 3.8) is 0 Å². The highest BCUT2D eigenvalue weighted by Gasteiger charge is 2.23. The number of carbonyl (C=O) groups excluding carboxylic acids is 1. The minimum Gasteiger partial charge on any atom is -0.475 e. The largest absolute Gasteiger partial charge is 0.475 e. The van der Waals surface area contributed by atoms with Crippen molar-refractivity contribution in [3.05, 3.63) is 102 Å². The molecule has 3 aromatic carbocycles. The molecule has 0 bridgehead atoms. The topological polar surface area (TPSA) is 97.4 Å². The van der Waals surface area contributed by atoms with Gasteiger partial charge in [-0.05, 0) is 65.1 Å². The van der Waals surface area contributed by atoms with Gasteiger partial charge in [0, 0.05) is 22.7 Å². The maximum absolute atomic E-state index is 13.3. The van der Waals surface area contributed by atoms with Crippen LogP contribution in [-0.2, 0) is 5.41 Å². The SMILES string of the molecule is CC(C)(C)c1ccc(C(=O)Nc2c(C(=O)O)oc3ccc(-c4cnn(-c5ccc(F)cc5)c4)cc23)cc1. The fourth-order valence-corrected chi connectivity index (χ4v) is 4.07. The van der Waals surface area contributed by atoms with E-state index >= 15 is 0 Å². The molecule has 5 aromatic rings. The molecule has 0 spiro atoms. The van der Waals surface area contributed by atoms with Crippen molar-refractivity contribution in [2.75, 3.05) is 5.32 Å². The van der Waals surface area contributed by atoms with Crippen molar-refractivity contribution >= 4 is 28.5 Å². The van der Waals surface area contributed by atoms with Gasteiger partial charge in [-0.3, -0.25) is 4.79 Å². The van der Waals surface area contributed by atoms with Gasteiger partial charge < -0.3 is 14.8 Å². The first-order chi connectivity index (χ1) is 17.6. The van der Waals surface area contributed by atoms with Crippen LogP contribution in [-0.4, -0.2) is 26.8 Å².